The second-order valence-electron chi connectivity index (χ2n) is 3.71. The van der Waals surface area contributed by atoms with Crippen molar-refractivity contribution in [3.63, 3.8) is 0 Å². The largest absolute Gasteiger partial charge is 0.376 e. The molecule has 4 heteroatoms. The van der Waals surface area contributed by atoms with Gasteiger partial charge in [0, 0.05) is 13.2 Å². The van der Waals surface area contributed by atoms with Gasteiger partial charge in [-0.15, -0.1) is 0 Å². The maximum Gasteiger partial charge on any atom is 0.207 e. The van der Waals surface area contributed by atoms with E-state index in [-0.39, 0.29) is 12.2 Å². The molecule has 1 amide bonds. The van der Waals surface area contributed by atoms with Gasteiger partial charge in [-0.2, -0.15) is 0 Å². The summed E-state index contributed by atoms with van der Waals surface area (Å²) in [7, 11) is 0. The third-order valence-electron chi connectivity index (χ3n) is 2.00. The third-order valence-corrected chi connectivity index (χ3v) is 2.00. The van der Waals surface area contributed by atoms with Crippen molar-refractivity contribution >= 4 is 6.41 Å². The molecule has 2 unspecified atom stereocenters. The van der Waals surface area contributed by atoms with E-state index in [1.165, 1.54) is 0 Å². The molecule has 0 aromatic carbocycles. The van der Waals surface area contributed by atoms with Crippen LogP contribution in [0, 0.1) is 0 Å². The van der Waals surface area contributed by atoms with E-state index in [0.29, 0.717) is 19.6 Å². The maximum absolute atomic E-state index is 10.0. The third kappa shape index (κ3) is 9.69. The number of carbonyl (C=O) groups is 1. The molecule has 0 aliphatic heterocycles. The van der Waals surface area contributed by atoms with Crippen LogP contribution >= 0.6 is 0 Å². The lowest BCUT2D eigenvalue weighted by molar-refractivity contribution is -0.110. The molecule has 0 saturated heterocycles. The average molecular weight is 217 g/mol. The van der Waals surface area contributed by atoms with Crippen LogP contribution in [-0.4, -0.2) is 38.4 Å². The highest BCUT2D eigenvalue weighted by molar-refractivity contribution is 5.45. The van der Waals surface area contributed by atoms with Gasteiger partial charge in [0.05, 0.1) is 18.8 Å². The van der Waals surface area contributed by atoms with Crippen LogP contribution in [0.4, 0.5) is 0 Å². The average Bonchev–Trinajstić information content (AvgIpc) is 2.24. The fraction of sp³-hybridized carbons (Fsp3) is 0.909. The van der Waals surface area contributed by atoms with E-state index in [9.17, 15) is 4.79 Å². The van der Waals surface area contributed by atoms with E-state index in [2.05, 4.69) is 12.2 Å². The van der Waals surface area contributed by atoms with Gasteiger partial charge in [-0.3, -0.25) is 4.79 Å². The van der Waals surface area contributed by atoms with Gasteiger partial charge in [-0.05, 0) is 20.3 Å². The Hall–Kier alpha value is -0.610. The van der Waals surface area contributed by atoms with E-state index in [1.54, 1.807) is 0 Å². The zero-order chi connectivity index (χ0) is 11.5. The molecule has 0 rings (SSSR count). The van der Waals surface area contributed by atoms with E-state index in [0.717, 1.165) is 19.4 Å². The van der Waals surface area contributed by atoms with Gasteiger partial charge >= 0.3 is 0 Å². The molecule has 1 N–H and O–H groups in total. The van der Waals surface area contributed by atoms with Gasteiger partial charge < -0.3 is 14.8 Å². The number of hydrogen-bond acceptors (Lipinski definition) is 3. The van der Waals surface area contributed by atoms with Gasteiger partial charge in [-0.1, -0.05) is 13.3 Å². The minimum absolute atomic E-state index is 0.0347. The highest BCUT2D eigenvalue weighted by atomic mass is 16.5. The Morgan fingerprint density at radius 1 is 1.27 bits per heavy atom. The second kappa shape index (κ2) is 9.93. The SMILES string of the molecule is CCCCOC(C)COC(C)CNC=O. The van der Waals surface area contributed by atoms with Crippen molar-refractivity contribution in [1.29, 1.82) is 0 Å². The Balaban J connectivity index is 3.35. The van der Waals surface area contributed by atoms with Crippen LogP contribution in [0.5, 0.6) is 0 Å². The summed E-state index contributed by atoms with van der Waals surface area (Å²) in [5.74, 6) is 0. The van der Waals surface area contributed by atoms with E-state index < -0.39 is 0 Å². The second-order valence-corrected chi connectivity index (χ2v) is 3.71. The van der Waals surface area contributed by atoms with Crippen molar-refractivity contribution in [2.45, 2.75) is 45.8 Å². The number of rotatable bonds is 10. The zero-order valence-corrected chi connectivity index (χ0v) is 9.99. The monoisotopic (exact) mass is 217 g/mol. The first kappa shape index (κ1) is 14.4. The van der Waals surface area contributed by atoms with Crippen molar-refractivity contribution < 1.29 is 14.3 Å². The van der Waals surface area contributed by atoms with Crippen LogP contribution in [0.2, 0.25) is 0 Å². The molecule has 0 aliphatic rings. The lowest BCUT2D eigenvalue weighted by Gasteiger charge is -2.17. The van der Waals surface area contributed by atoms with Crippen LogP contribution in [0.1, 0.15) is 33.6 Å². The normalized spacial score (nSPS) is 14.6. The number of hydrogen-bond donors (Lipinski definition) is 1. The molecule has 0 fully saturated rings. The number of unbranched alkanes of at least 4 members (excludes halogenated alkanes) is 1. The molecule has 0 bridgehead atoms. The molecule has 0 spiro atoms. The Labute approximate surface area is 92.3 Å². The van der Waals surface area contributed by atoms with Gasteiger partial charge in [0.15, 0.2) is 0 Å². The standard InChI is InChI=1S/C11H23NO3/c1-4-5-6-14-11(3)8-15-10(2)7-12-9-13/h9-11H,4-8H2,1-3H3,(H,12,13). The quantitative estimate of drug-likeness (QED) is 0.444. The number of ether oxygens (including phenoxy) is 2. The first-order chi connectivity index (χ1) is 7.20. The smallest absolute Gasteiger partial charge is 0.207 e. The molecule has 0 radical (unpaired) electrons. The van der Waals surface area contributed by atoms with Crippen LogP contribution in [-0.2, 0) is 14.3 Å². The molecule has 0 heterocycles. The van der Waals surface area contributed by atoms with Crippen LogP contribution < -0.4 is 5.32 Å². The van der Waals surface area contributed by atoms with Crippen molar-refractivity contribution in [3.05, 3.63) is 0 Å². The van der Waals surface area contributed by atoms with Gasteiger partial charge in [0.25, 0.3) is 0 Å². The summed E-state index contributed by atoms with van der Waals surface area (Å²) < 4.78 is 11.0. The first-order valence-corrected chi connectivity index (χ1v) is 5.60. The maximum atomic E-state index is 10.0. The molecule has 0 aliphatic carbocycles. The molecule has 15 heavy (non-hydrogen) atoms. The summed E-state index contributed by atoms with van der Waals surface area (Å²) >= 11 is 0. The van der Waals surface area contributed by atoms with E-state index >= 15 is 0 Å². The zero-order valence-electron chi connectivity index (χ0n) is 9.99. The van der Waals surface area contributed by atoms with Crippen molar-refractivity contribution in [3.8, 4) is 0 Å². The lowest BCUT2D eigenvalue weighted by atomic mass is 10.3. The Bertz CT molecular complexity index is 153. The molecule has 0 saturated carbocycles. The first-order valence-electron chi connectivity index (χ1n) is 5.60. The molecular weight excluding hydrogens is 194 g/mol. The molecule has 4 nitrogen and oxygen atoms in total. The summed E-state index contributed by atoms with van der Waals surface area (Å²) in [4.78, 5) is 10.0. The summed E-state index contributed by atoms with van der Waals surface area (Å²) in [6.07, 6.45) is 3.07. The number of carbonyl (C=O) groups excluding carboxylic acids is 1. The van der Waals surface area contributed by atoms with Crippen LogP contribution in [0.25, 0.3) is 0 Å². The minimum atomic E-state index is 0.0347. The molecule has 90 valence electrons. The van der Waals surface area contributed by atoms with Crippen molar-refractivity contribution in [1.82, 2.24) is 5.32 Å². The van der Waals surface area contributed by atoms with E-state index in [4.69, 9.17) is 9.47 Å². The predicted molar refractivity (Wildman–Crippen MR) is 59.8 cm³/mol. The topological polar surface area (TPSA) is 47.6 Å². The lowest BCUT2D eigenvalue weighted by Crippen LogP contribution is -2.28. The molecule has 0 aromatic rings. The van der Waals surface area contributed by atoms with Crippen molar-refractivity contribution in [2.75, 3.05) is 19.8 Å². The molecule has 0 aromatic heterocycles. The van der Waals surface area contributed by atoms with Gasteiger partial charge in [-0.25, -0.2) is 0 Å². The summed E-state index contributed by atoms with van der Waals surface area (Å²) in [5.41, 5.74) is 0. The minimum Gasteiger partial charge on any atom is -0.376 e. The predicted octanol–water partition coefficient (Wildman–Crippen LogP) is 1.34. The number of nitrogens with one attached hydrogen (secondary N) is 1. The fourth-order valence-corrected chi connectivity index (χ4v) is 1.05. The summed E-state index contributed by atoms with van der Waals surface area (Å²) in [6, 6.07) is 0. The van der Waals surface area contributed by atoms with E-state index in [1.807, 2.05) is 13.8 Å². The summed E-state index contributed by atoms with van der Waals surface area (Å²) in [6.45, 7) is 7.97. The molecular formula is C11H23NO3. The Kier molecular flexibility index (Phi) is 9.52. The van der Waals surface area contributed by atoms with Crippen LogP contribution in [0.15, 0.2) is 0 Å². The van der Waals surface area contributed by atoms with Crippen molar-refractivity contribution in [2.24, 2.45) is 0 Å². The Morgan fingerprint density at radius 2 is 2.00 bits per heavy atom. The highest BCUT2D eigenvalue weighted by Gasteiger charge is 2.06. The highest BCUT2D eigenvalue weighted by Crippen LogP contribution is 1.98. The fourth-order valence-electron chi connectivity index (χ4n) is 1.05. The van der Waals surface area contributed by atoms with Gasteiger partial charge in [0.2, 0.25) is 6.41 Å². The van der Waals surface area contributed by atoms with Gasteiger partial charge in [0.1, 0.15) is 0 Å². The summed E-state index contributed by atoms with van der Waals surface area (Å²) in [5, 5.41) is 2.58. The van der Waals surface area contributed by atoms with Crippen LogP contribution in [0.3, 0.4) is 0 Å². The molecule has 2 atom stereocenters. The Morgan fingerprint density at radius 3 is 2.60 bits per heavy atom. The number of amides is 1.